The van der Waals surface area contributed by atoms with E-state index >= 15 is 0 Å². The first kappa shape index (κ1) is 27.8. The van der Waals surface area contributed by atoms with Crippen LogP contribution in [-0.2, 0) is 0 Å². The van der Waals surface area contributed by atoms with E-state index in [1.54, 1.807) is 38.2 Å². The first-order chi connectivity index (χ1) is 17.5. The minimum absolute atomic E-state index is 0.105. The van der Waals surface area contributed by atoms with Gasteiger partial charge in [0.15, 0.2) is 0 Å². The van der Waals surface area contributed by atoms with E-state index in [9.17, 15) is 22.8 Å². The van der Waals surface area contributed by atoms with Gasteiger partial charge in [-0.05, 0) is 37.3 Å². The van der Waals surface area contributed by atoms with Crippen molar-refractivity contribution < 1.29 is 32.6 Å². The molecule has 0 aliphatic rings. The van der Waals surface area contributed by atoms with Crippen molar-refractivity contribution in [1.82, 2.24) is 25.7 Å². The molecule has 0 fully saturated rings. The lowest BCUT2D eigenvalue weighted by atomic mass is 10.0. The third kappa shape index (κ3) is 7.87. The van der Waals surface area contributed by atoms with Crippen LogP contribution in [0, 0.1) is 0 Å². The quantitative estimate of drug-likeness (QED) is 0.356. The Morgan fingerprint density at radius 3 is 2.41 bits per heavy atom. The highest BCUT2D eigenvalue weighted by Crippen LogP contribution is 2.28. The van der Waals surface area contributed by atoms with Gasteiger partial charge in [-0.2, -0.15) is 0 Å². The molecule has 1 unspecified atom stereocenters. The monoisotopic (exact) mass is 537 g/mol. The fourth-order valence-electron chi connectivity index (χ4n) is 3.35. The van der Waals surface area contributed by atoms with Crippen molar-refractivity contribution in [3.05, 3.63) is 76.7 Å². The van der Waals surface area contributed by atoms with Crippen LogP contribution in [0.5, 0.6) is 5.75 Å². The molecule has 13 heteroatoms. The van der Waals surface area contributed by atoms with Crippen LogP contribution in [0.1, 0.15) is 39.4 Å². The highest BCUT2D eigenvalue weighted by molar-refractivity contribution is 6.31. The van der Waals surface area contributed by atoms with E-state index < -0.39 is 24.1 Å². The Kier molecular flexibility index (Phi) is 9.03. The first-order valence-corrected chi connectivity index (χ1v) is 11.3. The Labute approximate surface area is 215 Å². The van der Waals surface area contributed by atoms with E-state index in [0.29, 0.717) is 22.5 Å². The minimum atomic E-state index is -4.94. The third-order valence-corrected chi connectivity index (χ3v) is 5.22. The Morgan fingerprint density at radius 2 is 1.76 bits per heavy atom. The average Bonchev–Trinajstić information content (AvgIpc) is 2.82. The molecule has 9 nitrogen and oxygen atoms in total. The number of carbonyl (C=O) groups is 2. The molecule has 2 amide bonds. The van der Waals surface area contributed by atoms with Crippen molar-refractivity contribution in [1.29, 1.82) is 0 Å². The van der Waals surface area contributed by atoms with Crippen LogP contribution >= 0.6 is 11.6 Å². The fraction of sp³-hybridized carbons (Fsp3) is 0.250. The maximum absolute atomic E-state index is 12.8. The van der Waals surface area contributed by atoms with Gasteiger partial charge in [-0.1, -0.05) is 23.7 Å². The van der Waals surface area contributed by atoms with E-state index in [1.807, 2.05) is 0 Å². The van der Waals surface area contributed by atoms with E-state index in [2.05, 4.69) is 25.4 Å². The molecule has 1 aromatic heterocycles. The SMILES string of the molecule is CC(NC(=O)c1cc(Cl)cc(OC(F)(F)F)c1)c1nccnc1-c1ccc(C(=O)NN(C)CCO)cc1. The summed E-state index contributed by atoms with van der Waals surface area (Å²) in [6.45, 7) is 1.80. The molecular formula is C24H23ClF3N5O4. The molecule has 3 N–H and O–H groups in total. The molecule has 0 saturated heterocycles. The number of rotatable bonds is 9. The van der Waals surface area contributed by atoms with Gasteiger partial charge in [0.1, 0.15) is 5.75 Å². The minimum Gasteiger partial charge on any atom is -0.406 e. The fourth-order valence-corrected chi connectivity index (χ4v) is 3.57. The normalized spacial score (nSPS) is 12.2. The molecule has 196 valence electrons. The molecule has 0 aliphatic heterocycles. The van der Waals surface area contributed by atoms with Gasteiger partial charge >= 0.3 is 6.36 Å². The summed E-state index contributed by atoms with van der Waals surface area (Å²) in [6, 6.07) is 8.91. The Bertz CT molecular complexity index is 1260. The first-order valence-electron chi connectivity index (χ1n) is 10.9. The maximum atomic E-state index is 12.8. The van der Waals surface area contributed by atoms with E-state index in [-0.39, 0.29) is 29.6 Å². The van der Waals surface area contributed by atoms with Crippen LogP contribution in [0.4, 0.5) is 13.2 Å². The van der Waals surface area contributed by atoms with E-state index in [0.717, 1.165) is 12.1 Å². The molecule has 3 rings (SSSR count). The van der Waals surface area contributed by atoms with Crippen molar-refractivity contribution in [3.8, 4) is 17.0 Å². The van der Waals surface area contributed by atoms with Crippen LogP contribution in [0.25, 0.3) is 11.3 Å². The zero-order valence-electron chi connectivity index (χ0n) is 19.7. The van der Waals surface area contributed by atoms with Gasteiger partial charge < -0.3 is 15.2 Å². The van der Waals surface area contributed by atoms with Crippen LogP contribution < -0.4 is 15.5 Å². The number of hydrogen-bond donors (Lipinski definition) is 3. The molecule has 37 heavy (non-hydrogen) atoms. The van der Waals surface area contributed by atoms with Gasteiger partial charge in [-0.15, -0.1) is 13.2 Å². The molecular weight excluding hydrogens is 515 g/mol. The Balaban J connectivity index is 1.78. The highest BCUT2D eigenvalue weighted by Gasteiger charge is 2.31. The Hall–Kier alpha value is -3.74. The summed E-state index contributed by atoms with van der Waals surface area (Å²) in [5.74, 6) is -1.68. The zero-order chi connectivity index (χ0) is 27.2. The lowest BCUT2D eigenvalue weighted by Crippen LogP contribution is -2.40. The van der Waals surface area contributed by atoms with Crippen LogP contribution in [0.3, 0.4) is 0 Å². The van der Waals surface area contributed by atoms with Crippen molar-refractivity contribution in [3.63, 3.8) is 0 Å². The molecule has 0 spiro atoms. The molecule has 1 atom stereocenters. The summed E-state index contributed by atoms with van der Waals surface area (Å²) in [4.78, 5) is 33.8. The van der Waals surface area contributed by atoms with Gasteiger partial charge in [0.2, 0.25) is 0 Å². The summed E-state index contributed by atoms with van der Waals surface area (Å²) >= 11 is 5.87. The van der Waals surface area contributed by atoms with Gasteiger partial charge in [0.05, 0.1) is 24.0 Å². The number of aliphatic hydroxyl groups is 1. The Morgan fingerprint density at radius 1 is 1.08 bits per heavy atom. The number of alkyl halides is 3. The number of hydrazine groups is 1. The largest absolute Gasteiger partial charge is 0.573 e. The van der Waals surface area contributed by atoms with Crippen molar-refractivity contribution >= 4 is 23.4 Å². The number of hydrogen-bond acceptors (Lipinski definition) is 7. The van der Waals surface area contributed by atoms with E-state index in [1.165, 1.54) is 23.5 Å². The molecule has 0 saturated carbocycles. The standard InChI is InChI=1S/C24H23ClF3N5O4/c1-14(31-22(35)17-11-18(25)13-19(12-17)37-24(26,27)28)20-21(30-8-7-29-20)15-3-5-16(6-4-15)23(36)32-33(2)9-10-34/h3-8,11-14,34H,9-10H2,1-2H3,(H,31,35)(H,32,36). The molecule has 2 aromatic carbocycles. The topological polar surface area (TPSA) is 117 Å². The second kappa shape index (κ2) is 12.0. The molecule has 0 bridgehead atoms. The van der Waals surface area contributed by atoms with Gasteiger partial charge in [-0.3, -0.25) is 25.0 Å². The summed E-state index contributed by atoms with van der Waals surface area (Å²) in [5, 5.41) is 13.0. The maximum Gasteiger partial charge on any atom is 0.573 e. The van der Waals surface area contributed by atoms with Crippen molar-refractivity contribution in [2.75, 3.05) is 20.2 Å². The number of nitrogens with one attached hydrogen (secondary N) is 2. The summed E-state index contributed by atoms with van der Waals surface area (Å²) in [7, 11) is 1.62. The predicted octanol–water partition coefficient (Wildman–Crippen LogP) is 3.76. The summed E-state index contributed by atoms with van der Waals surface area (Å²) < 4.78 is 41.6. The van der Waals surface area contributed by atoms with Crippen molar-refractivity contribution in [2.45, 2.75) is 19.3 Å². The van der Waals surface area contributed by atoms with Gasteiger partial charge in [0.25, 0.3) is 11.8 Å². The lowest BCUT2D eigenvalue weighted by Gasteiger charge is -2.18. The smallest absolute Gasteiger partial charge is 0.406 e. The lowest BCUT2D eigenvalue weighted by molar-refractivity contribution is -0.274. The van der Waals surface area contributed by atoms with Gasteiger partial charge in [0, 0.05) is 47.7 Å². The second-order valence-corrected chi connectivity index (χ2v) is 8.31. The van der Waals surface area contributed by atoms with Crippen molar-refractivity contribution in [2.24, 2.45) is 0 Å². The van der Waals surface area contributed by atoms with Crippen LogP contribution in [0.15, 0.2) is 54.9 Å². The predicted molar refractivity (Wildman–Crippen MR) is 129 cm³/mol. The average molecular weight is 538 g/mol. The number of aliphatic hydroxyl groups excluding tert-OH is 1. The summed E-state index contributed by atoms with van der Waals surface area (Å²) in [6.07, 6.45) is -2.03. The van der Waals surface area contributed by atoms with Crippen LogP contribution in [0.2, 0.25) is 5.02 Å². The second-order valence-electron chi connectivity index (χ2n) is 7.87. The number of benzene rings is 2. The number of aromatic nitrogens is 2. The molecule has 0 radical (unpaired) electrons. The van der Waals surface area contributed by atoms with Gasteiger partial charge in [-0.25, -0.2) is 5.01 Å². The third-order valence-electron chi connectivity index (χ3n) is 5.00. The van der Waals surface area contributed by atoms with E-state index in [4.69, 9.17) is 16.7 Å². The number of halogens is 4. The zero-order valence-corrected chi connectivity index (χ0v) is 20.5. The summed E-state index contributed by atoms with van der Waals surface area (Å²) in [5.41, 5.74) is 4.31. The number of carbonyl (C=O) groups excluding carboxylic acids is 2. The number of amides is 2. The van der Waals surface area contributed by atoms with Crippen LogP contribution in [-0.4, -0.2) is 58.5 Å². The highest BCUT2D eigenvalue weighted by atomic mass is 35.5. The number of likely N-dealkylation sites (N-methyl/N-ethyl adjacent to an activating group) is 1. The molecule has 0 aliphatic carbocycles. The molecule has 1 heterocycles. The number of nitrogens with zero attached hydrogens (tertiary/aromatic N) is 3. The molecule has 3 aromatic rings. The number of ether oxygens (including phenoxy) is 1.